The van der Waals surface area contributed by atoms with Gasteiger partial charge in [-0.2, -0.15) is 0 Å². The van der Waals surface area contributed by atoms with E-state index in [1.54, 1.807) is 11.3 Å². The summed E-state index contributed by atoms with van der Waals surface area (Å²) in [6.07, 6.45) is 3.02. The van der Waals surface area contributed by atoms with E-state index in [2.05, 4.69) is 36.7 Å². The largest absolute Gasteiger partial charge is 0.396 e. The lowest BCUT2D eigenvalue weighted by Gasteiger charge is -2.22. The van der Waals surface area contributed by atoms with Crippen LogP contribution in [0.4, 0.5) is 0 Å². The molecule has 0 amide bonds. The zero-order valence-electron chi connectivity index (χ0n) is 9.57. The minimum absolute atomic E-state index is 0.270. The Morgan fingerprint density at radius 1 is 1.40 bits per heavy atom. The molecule has 0 aliphatic heterocycles. The molecule has 0 aromatic carbocycles. The van der Waals surface area contributed by atoms with E-state index < -0.39 is 0 Å². The van der Waals surface area contributed by atoms with Crippen LogP contribution >= 0.6 is 11.3 Å². The highest BCUT2D eigenvalue weighted by Gasteiger charge is 2.14. The first-order chi connectivity index (χ1) is 7.31. The summed E-state index contributed by atoms with van der Waals surface area (Å²) in [4.78, 5) is 1.40. The van der Waals surface area contributed by atoms with E-state index in [1.807, 2.05) is 0 Å². The maximum Gasteiger partial charge on any atom is 0.0445 e. The van der Waals surface area contributed by atoms with Gasteiger partial charge in [0.1, 0.15) is 0 Å². The van der Waals surface area contributed by atoms with Crippen LogP contribution in [0, 0.1) is 0 Å². The van der Waals surface area contributed by atoms with Crippen molar-refractivity contribution in [3.63, 3.8) is 0 Å². The molecule has 1 heterocycles. The summed E-state index contributed by atoms with van der Waals surface area (Å²) in [5.41, 5.74) is 0. The Bertz CT molecular complexity index is 248. The fourth-order valence-electron chi connectivity index (χ4n) is 1.74. The van der Waals surface area contributed by atoms with Crippen molar-refractivity contribution < 1.29 is 5.11 Å². The molecule has 0 bridgehead atoms. The van der Waals surface area contributed by atoms with Crippen molar-refractivity contribution >= 4 is 11.3 Å². The fourth-order valence-corrected chi connectivity index (χ4v) is 2.61. The lowest BCUT2D eigenvalue weighted by molar-refractivity contribution is 0.255. The summed E-state index contributed by atoms with van der Waals surface area (Å²) in [5.74, 6) is 0. The highest BCUT2D eigenvalue weighted by molar-refractivity contribution is 7.10. The van der Waals surface area contributed by atoms with Gasteiger partial charge >= 0.3 is 0 Å². The Morgan fingerprint density at radius 3 is 2.67 bits per heavy atom. The number of rotatable bonds is 7. The number of hydrogen-bond acceptors (Lipinski definition) is 3. The summed E-state index contributed by atoms with van der Waals surface area (Å²) < 4.78 is 0. The molecule has 2 nitrogen and oxygen atoms in total. The third-order valence-corrected chi connectivity index (χ3v) is 3.69. The van der Waals surface area contributed by atoms with E-state index in [9.17, 15) is 0 Å². The van der Waals surface area contributed by atoms with Crippen molar-refractivity contribution in [1.29, 1.82) is 0 Å². The van der Waals surface area contributed by atoms with Crippen molar-refractivity contribution in [2.75, 3.05) is 6.61 Å². The molecule has 0 aliphatic rings. The Morgan fingerprint density at radius 2 is 2.20 bits per heavy atom. The van der Waals surface area contributed by atoms with Crippen molar-refractivity contribution in [3.05, 3.63) is 22.4 Å². The molecular formula is C12H21NOS. The molecule has 2 N–H and O–H groups in total. The zero-order valence-corrected chi connectivity index (χ0v) is 10.4. The predicted molar refractivity (Wildman–Crippen MR) is 66.3 cm³/mol. The summed E-state index contributed by atoms with van der Waals surface area (Å²) in [6.45, 7) is 4.63. The molecule has 86 valence electrons. The normalized spacial score (nSPS) is 15.1. The van der Waals surface area contributed by atoms with Crippen LogP contribution < -0.4 is 5.32 Å². The molecule has 1 aromatic heterocycles. The molecule has 3 heteroatoms. The molecule has 0 aliphatic carbocycles. The van der Waals surface area contributed by atoms with Crippen LogP contribution in [0.25, 0.3) is 0 Å². The van der Waals surface area contributed by atoms with Gasteiger partial charge in [-0.15, -0.1) is 11.3 Å². The van der Waals surface area contributed by atoms with Gasteiger partial charge in [-0.25, -0.2) is 0 Å². The van der Waals surface area contributed by atoms with Crippen LogP contribution in [0.2, 0.25) is 0 Å². The number of thiophene rings is 1. The lowest BCUT2D eigenvalue weighted by Crippen LogP contribution is -2.32. The fraction of sp³-hybridized carbons (Fsp3) is 0.667. The molecule has 1 aromatic rings. The maximum absolute atomic E-state index is 8.95. The molecule has 0 radical (unpaired) electrons. The van der Waals surface area contributed by atoms with Crippen molar-refractivity contribution in [2.45, 2.75) is 45.2 Å². The second-order valence-electron chi connectivity index (χ2n) is 3.76. The Kier molecular flexibility index (Phi) is 5.91. The predicted octanol–water partition coefficient (Wildman–Crippen LogP) is 2.95. The molecule has 0 spiro atoms. The van der Waals surface area contributed by atoms with E-state index in [4.69, 9.17) is 5.11 Å². The molecule has 0 fully saturated rings. The van der Waals surface area contributed by atoms with Crippen LogP contribution in [0.3, 0.4) is 0 Å². The maximum atomic E-state index is 8.95. The smallest absolute Gasteiger partial charge is 0.0445 e. The van der Waals surface area contributed by atoms with Crippen LogP contribution in [-0.2, 0) is 0 Å². The van der Waals surface area contributed by atoms with Gasteiger partial charge in [-0.1, -0.05) is 19.9 Å². The van der Waals surface area contributed by atoms with Crippen LogP contribution in [0.15, 0.2) is 17.5 Å². The first-order valence-electron chi connectivity index (χ1n) is 5.72. The second kappa shape index (κ2) is 6.99. The highest BCUT2D eigenvalue weighted by Crippen LogP contribution is 2.22. The molecule has 0 saturated carbocycles. The van der Waals surface area contributed by atoms with Gasteiger partial charge in [0.15, 0.2) is 0 Å². The van der Waals surface area contributed by atoms with Gasteiger partial charge in [0, 0.05) is 23.6 Å². The van der Waals surface area contributed by atoms with Gasteiger partial charge in [0.05, 0.1) is 0 Å². The third-order valence-electron chi connectivity index (χ3n) is 2.70. The van der Waals surface area contributed by atoms with Crippen LogP contribution in [0.1, 0.15) is 44.0 Å². The van der Waals surface area contributed by atoms with Crippen LogP contribution in [-0.4, -0.2) is 17.8 Å². The molecular weight excluding hydrogens is 206 g/mol. The first-order valence-corrected chi connectivity index (χ1v) is 6.60. The van der Waals surface area contributed by atoms with Crippen LogP contribution in [0.5, 0.6) is 0 Å². The Hall–Kier alpha value is -0.380. The minimum Gasteiger partial charge on any atom is -0.396 e. The van der Waals surface area contributed by atoms with Crippen molar-refractivity contribution in [1.82, 2.24) is 5.32 Å². The van der Waals surface area contributed by atoms with Gasteiger partial charge in [-0.05, 0) is 30.7 Å². The number of aliphatic hydroxyl groups is 1. The van der Waals surface area contributed by atoms with E-state index >= 15 is 0 Å². The zero-order chi connectivity index (χ0) is 11.1. The van der Waals surface area contributed by atoms with Gasteiger partial charge in [0.25, 0.3) is 0 Å². The Labute approximate surface area is 96.3 Å². The van der Waals surface area contributed by atoms with E-state index in [1.165, 1.54) is 4.88 Å². The molecule has 2 atom stereocenters. The van der Waals surface area contributed by atoms with E-state index in [-0.39, 0.29) is 6.61 Å². The molecule has 1 rings (SSSR count). The Balaban J connectivity index is 2.52. The molecule has 2 unspecified atom stereocenters. The van der Waals surface area contributed by atoms with E-state index in [0.29, 0.717) is 12.1 Å². The van der Waals surface area contributed by atoms with Crippen molar-refractivity contribution in [2.24, 2.45) is 0 Å². The summed E-state index contributed by atoms with van der Waals surface area (Å²) in [6, 6.07) is 5.15. The quantitative estimate of drug-likeness (QED) is 0.750. The van der Waals surface area contributed by atoms with E-state index in [0.717, 1.165) is 19.3 Å². The van der Waals surface area contributed by atoms with Gasteiger partial charge in [-0.3, -0.25) is 0 Å². The minimum atomic E-state index is 0.270. The molecule has 0 saturated heterocycles. The number of hydrogen-bond donors (Lipinski definition) is 2. The van der Waals surface area contributed by atoms with Gasteiger partial charge < -0.3 is 10.4 Å². The second-order valence-corrected chi connectivity index (χ2v) is 4.74. The summed E-state index contributed by atoms with van der Waals surface area (Å²) in [7, 11) is 0. The summed E-state index contributed by atoms with van der Waals surface area (Å²) in [5, 5.41) is 14.7. The first kappa shape index (κ1) is 12.7. The number of nitrogens with one attached hydrogen (secondary N) is 1. The SMILES string of the molecule is CCC(CCO)NC(CC)c1cccs1. The van der Waals surface area contributed by atoms with Crippen molar-refractivity contribution in [3.8, 4) is 0 Å². The highest BCUT2D eigenvalue weighted by atomic mass is 32.1. The summed E-state index contributed by atoms with van der Waals surface area (Å²) >= 11 is 1.80. The average molecular weight is 227 g/mol. The third kappa shape index (κ3) is 3.93. The molecule has 15 heavy (non-hydrogen) atoms. The lowest BCUT2D eigenvalue weighted by atomic mass is 10.1. The average Bonchev–Trinajstić information content (AvgIpc) is 2.77. The van der Waals surface area contributed by atoms with Gasteiger partial charge in [0.2, 0.25) is 0 Å². The monoisotopic (exact) mass is 227 g/mol. The topological polar surface area (TPSA) is 32.3 Å². The number of aliphatic hydroxyl groups excluding tert-OH is 1. The standard InChI is InChI=1S/C12H21NOS/c1-3-10(7-8-14)13-11(4-2)12-6-5-9-15-12/h5-6,9-11,13-14H,3-4,7-8H2,1-2H3.